The number of anilines is 1. The van der Waals surface area contributed by atoms with Gasteiger partial charge in [0.05, 0.1) is 0 Å². The van der Waals surface area contributed by atoms with Crippen molar-refractivity contribution in [3.63, 3.8) is 0 Å². The Balaban J connectivity index is 2.00. The third-order valence-corrected chi connectivity index (χ3v) is 4.62. The van der Waals surface area contributed by atoms with Crippen molar-refractivity contribution in [1.29, 1.82) is 0 Å². The Bertz CT molecular complexity index is 504. The number of carbonyl (C=O) groups excluding carboxylic acids is 1. The number of nitrogen functional groups attached to an aromatic ring is 1. The molecule has 2 heterocycles. The van der Waals surface area contributed by atoms with Gasteiger partial charge in [-0.3, -0.25) is 0 Å². The number of carbonyl (C=O) groups is 1. The standard InChI is InChI=1S/C10H13N3O4Se/c1-6(14)16-4-9-17-8(5-18-9)13-3-2-7(11)12-10(13)15/h2-3,8-9H,4-5H2,1H3,(H2,11,12,15)/t8-,9-/m1/s1. The van der Waals surface area contributed by atoms with Gasteiger partial charge in [0.2, 0.25) is 0 Å². The zero-order valence-corrected chi connectivity index (χ0v) is 11.4. The first-order valence-electron chi connectivity index (χ1n) is 5.31. The third-order valence-electron chi connectivity index (χ3n) is 2.32. The molecule has 1 aliphatic rings. The first kappa shape index (κ1) is 13.1. The van der Waals surface area contributed by atoms with Crippen LogP contribution in [0.4, 0.5) is 5.82 Å². The molecule has 2 N–H and O–H groups in total. The topological polar surface area (TPSA) is 96.4 Å². The summed E-state index contributed by atoms with van der Waals surface area (Å²) in [7, 11) is 0. The van der Waals surface area contributed by atoms with E-state index in [0.717, 1.165) is 5.32 Å². The average Bonchev–Trinajstić information content (AvgIpc) is 2.75. The number of hydrogen-bond donors (Lipinski definition) is 1. The van der Waals surface area contributed by atoms with Crippen molar-refractivity contribution in [2.75, 3.05) is 12.3 Å². The van der Waals surface area contributed by atoms with Crippen LogP contribution in [0.5, 0.6) is 0 Å². The van der Waals surface area contributed by atoms with Gasteiger partial charge in [-0.1, -0.05) is 0 Å². The maximum absolute atomic E-state index is 11.6. The Kier molecular flexibility index (Phi) is 4.00. The van der Waals surface area contributed by atoms with Gasteiger partial charge in [-0.2, -0.15) is 0 Å². The van der Waals surface area contributed by atoms with Gasteiger partial charge in [-0.25, -0.2) is 0 Å². The van der Waals surface area contributed by atoms with E-state index in [-0.39, 0.29) is 44.6 Å². The molecule has 8 heteroatoms. The van der Waals surface area contributed by atoms with Crippen LogP contribution in [-0.2, 0) is 14.3 Å². The van der Waals surface area contributed by atoms with Crippen LogP contribution >= 0.6 is 0 Å². The summed E-state index contributed by atoms with van der Waals surface area (Å²) >= 11 is 0.168. The third kappa shape index (κ3) is 3.10. The number of rotatable bonds is 3. The second-order valence-corrected chi connectivity index (χ2v) is 6.20. The molecule has 1 aromatic rings. The van der Waals surface area contributed by atoms with Crippen molar-refractivity contribution in [1.82, 2.24) is 9.55 Å². The molecule has 0 bridgehead atoms. The van der Waals surface area contributed by atoms with E-state index in [1.807, 2.05) is 0 Å². The van der Waals surface area contributed by atoms with Crippen LogP contribution in [0.25, 0.3) is 0 Å². The van der Waals surface area contributed by atoms with Gasteiger partial charge in [0.1, 0.15) is 0 Å². The summed E-state index contributed by atoms with van der Waals surface area (Å²) < 4.78 is 11.9. The van der Waals surface area contributed by atoms with Crippen molar-refractivity contribution in [2.45, 2.75) is 23.5 Å². The second-order valence-electron chi connectivity index (χ2n) is 3.70. The van der Waals surface area contributed by atoms with E-state index >= 15 is 0 Å². The van der Waals surface area contributed by atoms with Gasteiger partial charge in [0, 0.05) is 0 Å². The molecule has 1 aliphatic heterocycles. The molecule has 7 nitrogen and oxygen atoms in total. The summed E-state index contributed by atoms with van der Waals surface area (Å²) in [6.45, 7) is 1.59. The molecule has 0 aromatic carbocycles. The fraction of sp³-hybridized carbons (Fsp3) is 0.500. The van der Waals surface area contributed by atoms with E-state index < -0.39 is 5.69 Å². The number of hydrogen-bond acceptors (Lipinski definition) is 6. The maximum atomic E-state index is 11.6. The minimum atomic E-state index is -0.427. The van der Waals surface area contributed by atoms with Gasteiger partial charge in [-0.15, -0.1) is 0 Å². The number of esters is 1. The molecule has 1 fully saturated rings. The van der Waals surface area contributed by atoms with Crippen molar-refractivity contribution in [3.8, 4) is 0 Å². The second kappa shape index (κ2) is 5.51. The Hall–Kier alpha value is -1.37. The molecular weight excluding hydrogens is 305 g/mol. The summed E-state index contributed by atoms with van der Waals surface area (Å²) in [4.78, 5) is 26.0. The quantitative estimate of drug-likeness (QED) is 0.588. The zero-order chi connectivity index (χ0) is 13.1. The Morgan fingerprint density at radius 2 is 2.56 bits per heavy atom. The van der Waals surface area contributed by atoms with Crippen LogP contribution in [0.1, 0.15) is 13.2 Å². The Morgan fingerprint density at radius 3 is 3.22 bits per heavy atom. The predicted octanol–water partition coefficient (Wildman–Crippen LogP) is -0.634. The predicted molar refractivity (Wildman–Crippen MR) is 64.0 cm³/mol. The molecule has 0 amide bonds. The zero-order valence-electron chi connectivity index (χ0n) is 9.74. The molecule has 0 aliphatic carbocycles. The molecule has 0 saturated carbocycles. The van der Waals surface area contributed by atoms with Crippen molar-refractivity contribution in [2.24, 2.45) is 0 Å². The molecule has 1 saturated heterocycles. The molecule has 2 atom stereocenters. The van der Waals surface area contributed by atoms with Crippen LogP contribution in [-0.4, -0.2) is 42.1 Å². The van der Waals surface area contributed by atoms with Crippen LogP contribution in [0.15, 0.2) is 17.1 Å². The van der Waals surface area contributed by atoms with Crippen LogP contribution in [0.2, 0.25) is 5.32 Å². The Morgan fingerprint density at radius 1 is 1.78 bits per heavy atom. The monoisotopic (exact) mass is 319 g/mol. The van der Waals surface area contributed by atoms with E-state index in [2.05, 4.69) is 4.98 Å². The molecule has 1 aromatic heterocycles. The number of aromatic nitrogens is 2. The van der Waals surface area contributed by atoms with Gasteiger partial charge in [0.25, 0.3) is 0 Å². The van der Waals surface area contributed by atoms with Crippen LogP contribution in [0.3, 0.4) is 0 Å². The summed E-state index contributed by atoms with van der Waals surface area (Å²) in [5, 5.41) is 0.626. The van der Waals surface area contributed by atoms with Gasteiger partial charge >= 0.3 is 109 Å². The average molecular weight is 318 g/mol. The molecule has 0 spiro atoms. The molecule has 0 radical (unpaired) electrons. The van der Waals surface area contributed by atoms with Gasteiger partial charge < -0.3 is 0 Å². The SMILES string of the molecule is CC(=O)OC[C@@H]1O[C@@H](n2ccc(N)nc2=O)C[Se]1. The number of ether oxygens (including phenoxy) is 2. The summed E-state index contributed by atoms with van der Waals surface area (Å²) in [6, 6.07) is 1.55. The van der Waals surface area contributed by atoms with E-state index in [1.54, 1.807) is 12.3 Å². The van der Waals surface area contributed by atoms with Crippen molar-refractivity contribution in [3.05, 3.63) is 22.7 Å². The molecule has 18 heavy (non-hydrogen) atoms. The van der Waals surface area contributed by atoms with Gasteiger partial charge in [-0.05, 0) is 0 Å². The number of nitrogens with two attached hydrogens (primary N) is 1. The number of nitrogens with zero attached hydrogens (tertiary/aromatic N) is 2. The first-order chi connectivity index (χ1) is 8.56. The fourth-order valence-electron chi connectivity index (χ4n) is 1.51. The minimum absolute atomic E-state index is 0.115. The van der Waals surface area contributed by atoms with Crippen LogP contribution < -0.4 is 11.4 Å². The van der Waals surface area contributed by atoms with Crippen LogP contribution in [0, 0.1) is 0 Å². The van der Waals surface area contributed by atoms with Gasteiger partial charge in [0.15, 0.2) is 0 Å². The molecule has 2 rings (SSSR count). The molecule has 98 valence electrons. The Labute approximate surface area is 109 Å². The summed E-state index contributed by atoms with van der Waals surface area (Å²) in [6.07, 6.45) is 1.23. The molecule has 0 unspecified atom stereocenters. The normalized spacial score (nSPS) is 22.9. The van der Waals surface area contributed by atoms with E-state index in [0.29, 0.717) is 0 Å². The summed E-state index contributed by atoms with van der Waals surface area (Å²) in [5.74, 6) is -0.139. The fourth-order valence-corrected chi connectivity index (χ4v) is 3.58. The van der Waals surface area contributed by atoms with Crippen molar-refractivity contribution < 1.29 is 14.3 Å². The summed E-state index contributed by atoms with van der Waals surface area (Å²) in [5.41, 5.74) is 4.99. The van der Waals surface area contributed by atoms with E-state index in [9.17, 15) is 9.59 Å². The van der Waals surface area contributed by atoms with E-state index in [1.165, 1.54) is 11.5 Å². The van der Waals surface area contributed by atoms with Crippen molar-refractivity contribution >= 4 is 26.7 Å². The first-order valence-corrected chi connectivity index (χ1v) is 7.51. The van der Waals surface area contributed by atoms with E-state index in [4.69, 9.17) is 15.2 Å². The molecular formula is C10H13N3O4Se.